The summed E-state index contributed by atoms with van der Waals surface area (Å²) >= 11 is 0. The highest BCUT2D eigenvalue weighted by Crippen LogP contribution is 2.19. The number of nitrogens with zero attached hydrogens (tertiary/aromatic N) is 2. The maximum absolute atomic E-state index is 11.1. The summed E-state index contributed by atoms with van der Waals surface area (Å²) in [5.41, 5.74) is 0.803. The average molecular weight is 277 g/mol. The second kappa shape index (κ2) is 6.55. The van der Waals surface area contributed by atoms with Gasteiger partial charge in [-0.25, -0.2) is 4.79 Å². The van der Waals surface area contributed by atoms with Gasteiger partial charge in [-0.3, -0.25) is 0 Å². The molecule has 106 valence electrons. The normalized spacial score (nSPS) is 10.1. The van der Waals surface area contributed by atoms with Gasteiger partial charge >= 0.3 is 6.09 Å². The molecule has 7 heteroatoms. The fraction of sp³-hybridized carbons (Fsp3) is 0.308. The third kappa shape index (κ3) is 3.47. The molecule has 20 heavy (non-hydrogen) atoms. The molecule has 0 saturated heterocycles. The van der Waals surface area contributed by atoms with E-state index in [1.165, 1.54) is 0 Å². The first-order valence-corrected chi connectivity index (χ1v) is 6.10. The summed E-state index contributed by atoms with van der Waals surface area (Å²) in [5.74, 6) is 1.51. The highest BCUT2D eigenvalue weighted by molar-refractivity contribution is 5.66. The molecule has 2 aromatic rings. The molecule has 0 aliphatic heterocycles. The van der Waals surface area contributed by atoms with Crippen molar-refractivity contribution < 1.29 is 18.8 Å². The van der Waals surface area contributed by atoms with E-state index in [9.17, 15) is 4.79 Å². The molecule has 1 heterocycles. The van der Waals surface area contributed by atoms with Gasteiger partial charge in [-0.15, -0.1) is 0 Å². The van der Waals surface area contributed by atoms with Crippen LogP contribution in [0.15, 0.2) is 28.8 Å². The molecule has 1 amide bonds. The summed E-state index contributed by atoms with van der Waals surface area (Å²) in [6, 6.07) is 7.27. The number of ether oxygens (including phenoxy) is 2. The van der Waals surface area contributed by atoms with Crippen molar-refractivity contribution >= 4 is 6.09 Å². The summed E-state index contributed by atoms with van der Waals surface area (Å²) in [7, 11) is 1.60. The van der Waals surface area contributed by atoms with Crippen molar-refractivity contribution in [2.75, 3.05) is 13.7 Å². The topological polar surface area (TPSA) is 86.5 Å². The second-order valence-electron chi connectivity index (χ2n) is 3.81. The van der Waals surface area contributed by atoms with E-state index in [4.69, 9.17) is 14.0 Å². The number of methoxy groups -OCH3 is 1. The zero-order chi connectivity index (χ0) is 14.4. The van der Waals surface area contributed by atoms with Gasteiger partial charge in [0.25, 0.3) is 0 Å². The van der Waals surface area contributed by atoms with Crippen molar-refractivity contribution in [2.45, 2.75) is 13.5 Å². The molecule has 0 radical (unpaired) electrons. The highest BCUT2D eigenvalue weighted by Gasteiger charge is 2.10. The molecule has 7 nitrogen and oxygen atoms in total. The van der Waals surface area contributed by atoms with E-state index in [1.54, 1.807) is 14.0 Å². The number of benzene rings is 1. The first-order valence-electron chi connectivity index (χ1n) is 6.10. The highest BCUT2D eigenvalue weighted by atomic mass is 16.5. The monoisotopic (exact) mass is 277 g/mol. The van der Waals surface area contributed by atoms with Crippen LogP contribution in [-0.4, -0.2) is 30.0 Å². The van der Waals surface area contributed by atoms with Crippen LogP contribution < -0.4 is 10.1 Å². The maximum atomic E-state index is 11.1. The number of hydrogen-bond acceptors (Lipinski definition) is 6. The first kappa shape index (κ1) is 13.9. The van der Waals surface area contributed by atoms with Gasteiger partial charge in [0.05, 0.1) is 13.7 Å². The lowest BCUT2D eigenvalue weighted by Gasteiger charge is -2.01. The Balaban J connectivity index is 1.99. The summed E-state index contributed by atoms with van der Waals surface area (Å²) in [4.78, 5) is 15.3. The fourth-order valence-electron chi connectivity index (χ4n) is 1.51. The zero-order valence-electron chi connectivity index (χ0n) is 11.3. The van der Waals surface area contributed by atoms with Crippen LogP contribution in [0.1, 0.15) is 12.8 Å². The van der Waals surface area contributed by atoms with Crippen molar-refractivity contribution in [2.24, 2.45) is 0 Å². The molecule has 1 N–H and O–H groups in total. The lowest BCUT2D eigenvalue weighted by atomic mass is 10.2. The Morgan fingerprint density at radius 2 is 2.10 bits per heavy atom. The molecule has 1 aromatic heterocycles. The molecule has 2 rings (SSSR count). The number of rotatable bonds is 5. The number of alkyl carbamates (subject to hydrolysis) is 1. The molecule has 1 aromatic carbocycles. The van der Waals surface area contributed by atoms with Gasteiger partial charge in [0.1, 0.15) is 12.3 Å². The Morgan fingerprint density at radius 1 is 1.35 bits per heavy atom. The summed E-state index contributed by atoms with van der Waals surface area (Å²) in [6.45, 7) is 2.17. The Kier molecular flexibility index (Phi) is 4.54. The van der Waals surface area contributed by atoms with Gasteiger partial charge in [-0.05, 0) is 31.2 Å². The van der Waals surface area contributed by atoms with Crippen LogP contribution in [0.25, 0.3) is 11.4 Å². The zero-order valence-corrected chi connectivity index (χ0v) is 11.3. The van der Waals surface area contributed by atoms with E-state index < -0.39 is 6.09 Å². The lowest BCUT2D eigenvalue weighted by Crippen LogP contribution is -2.23. The number of hydrogen-bond donors (Lipinski definition) is 1. The van der Waals surface area contributed by atoms with E-state index in [0.29, 0.717) is 18.3 Å². The van der Waals surface area contributed by atoms with Gasteiger partial charge in [0.2, 0.25) is 11.7 Å². The van der Waals surface area contributed by atoms with E-state index in [2.05, 4.69) is 15.5 Å². The minimum Gasteiger partial charge on any atom is -0.497 e. The van der Waals surface area contributed by atoms with Gasteiger partial charge in [-0.1, -0.05) is 5.16 Å². The van der Waals surface area contributed by atoms with Gasteiger partial charge < -0.3 is 19.3 Å². The number of amides is 1. The number of nitrogens with one attached hydrogen (secondary N) is 1. The average Bonchev–Trinajstić information content (AvgIpc) is 2.94. The van der Waals surface area contributed by atoms with Crippen molar-refractivity contribution in [1.29, 1.82) is 0 Å². The van der Waals surface area contributed by atoms with Crippen molar-refractivity contribution in [1.82, 2.24) is 15.5 Å². The van der Waals surface area contributed by atoms with Gasteiger partial charge in [0, 0.05) is 5.56 Å². The lowest BCUT2D eigenvalue weighted by molar-refractivity contribution is 0.150. The van der Waals surface area contributed by atoms with E-state index in [0.717, 1.165) is 11.3 Å². The standard InChI is InChI=1S/C13H15N3O4/c1-3-19-13(17)14-8-11-15-12(16-20-11)9-4-6-10(18-2)7-5-9/h4-7H,3,8H2,1-2H3,(H,14,17). The van der Waals surface area contributed by atoms with E-state index in [-0.39, 0.29) is 6.54 Å². The number of carbonyl (C=O) groups excluding carboxylic acids is 1. The fourth-order valence-corrected chi connectivity index (χ4v) is 1.51. The quantitative estimate of drug-likeness (QED) is 0.899. The predicted molar refractivity (Wildman–Crippen MR) is 70.1 cm³/mol. The summed E-state index contributed by atoms with van der Waals surface area (Å²) in [6.07, 6.45) is -0.517. The van der Waals surface area contributed by atoms with Gasteiger partial charge in [-0.2, -0.15) is 4.98 Å². The Morgan fingerprint density at radius 3 is 2.75 bits per heavy atom. The largest absolute Gasteiger partial charge is 0.497 e. The minimum atomic E-state index is -0.517. The summed E-state index contributed by atoms with van der Waals surface area (Å²) in [5, 5.41) is 6.35. The molecule has 0 aliphatic rings. The number of carbonyl (C=O) groups is 1. The summed E-state index contributed by atoms with van der Waals surface area (Å²) < 4.78 is 14.8. The van der Waals surface area contributed by atoms with Crippen LogP contribution in [0.5, 0.6) is 5.75 Å². The first-order chi connectivity index (χ1) is 9.72. The van der Waals surface area contributed by atoms with Crippen molar-refractivity contribution in [3.63, 3.8) is 0 Å². The van der Waals surface area contributed by atoms with E-state index in [1.807, 2.05) is 24.3 Å². The number of aromatic nitrogens is 2. The van der Waals surface area contributed by atoms with Crippen LogP contribution in [0.4, 0.5) is 4.79 Å². The SMILES string of the molecule is CCOC(=O)NCc1nc(-c2ccc(OC)cc2)no1. The van der Waals surface area contributed by atoms with Gasteiger partial charge in [0.15, 0.2) is 0 Å². The van der Waals surface area contributed by atoms with Crippen LogP contribution >= 0.6 is 0 Å². The Hall–Kier alpha value is -2.57. The molecular weight excluding hydrogens is 262 g/mol. The van der Waals surface area contributed by atoms with E-state index >= 15 is 0 Å². The molecule has 0 bridgehead atoms. The van der Waals surface area contributed by atoms with Crippen LogP contribution in [0.2, 0.25) is 0 Å². The molecule has 0 spiro atoms. The Labute approximate surface area is 115 Å². The smallest absolute Gasteiger partial charge is 0.407 e. The van der Waals surface area contributed by atoms with Crippen LogP contribution in [-0.2, 0) is 11.3 Å². The van der Waals surface area contributed by atoms with Crippen molar-refractivity contribution in [3.05, 3.63) is 30.2 Å². The molecular formula is C13H15N3O4. The molecule has 0 saturated carbocycles. The third-order valence-corrected chi connectivity index (χ3v) is 2.48. The maximum Gasteiger partial charge on any atom is 0.407 e. The third-order valence-electron chi connectivity index (χ3n) is 2.48. The van der Waals surface area contributed by atoms with Crippen LogP contribution in [0.3, 0.4) is 0 Å². The minimum absolute atomic E-state index is 0.127. The predicted octanol–water partition coefficient (Wildman–Crippen LogP) is 1.99. The van der Waals surface area contributed by atoms with Crippen LogP contribution in [0, 0.1) is 0 Å². The molecule has 0 aliphatic carbocycles. The molecule has 0 atom stereocenters. The second-order valence-corrected chi connectivity index (χ2v) is 3.81. The Bertz CT molecular complexity index is 565. The van der Waals surface area contributed by atoms with Crippen molar-refractivity contribution in [3.8, 4) is 17.1 Å². The molecule has 0 unspecified atom stereocenters. The molecule has 0 fully saturated rings.